The molecule has 0 bridgehead atoms. The number of rotatable bonds is 3. The molecule has 1 N–H and O–H groups in total. The Bertz CT molecular complexity index is 587. The third kappa shape index (κ3) is 2.85. The molecule has 2 rings (SSSR count). The molecule has 2 aromatic rings. The molecular formula is C14H15F3N2O. The van der Waals surface area contributed by atoms with Crippen molar-refractivity contribution in [2.45, 2.75) is 25.9 Å². The van der Waals surface area contributed by atoms with Crippen LogP contribution in [0.25, 0.3) is 5.69 Å². The Morgan fingerprint density at radius 2 is 1.85 bits per heavy atom. The highest BCUT2D eigenvalue weighted by molar-refractivity contribution is 5.36. The predicted molar refractivity (Wildman–Crippen MR) is 68.8 cm³/mol. The lowest BCUT2D eigenvalue weighted by Crippen LogP contribution is -2.05. The molecule has 108 valence electrons. The Hall–Kier alpha value is -1.82. The number of halogens is 3. The van der Waals surface area contributed by atoms with E-state index in [0.717, 1.165) is 23.4 Å². The first-order valence-corrected chi connectivity index (χ1v) is 6.17. The molecule has 20 heavy (non-hydrogen) atoms. The van der Waals surface area contributed by atoms with Crippen molar-refractivity contribution in [3.8, 4) is 5.69 Å². The van der Waals surface area contributed by atoms with Crippen molar-refractivity contribution in [2.24, 2.45) is 0 Å². The highest BCUT2D eigenvalue weighted by atomic mass is 19.4. The van der Waals surface area contributed by atoms with E-state index in [1.807, 2.05) is 13.8 Å². The summed E-state index contributed by atoms with van der Waals surface area (Å²) in [6, 6.07) is 4.81. The van der Waals surface area contributed by atoms with Crippen LogP contribution in [-0.2, 0) is 6.18 Å². The van der Waals surface area contributed by atoms with Crippen LogP contribution in [0.5, 0.6) is 0 Å². The van der Waals surface area contributed by atoms with Gasteiger partial charge in [-0.2, -0.15) is 18.3 Å². The van der Waals surface area contributed by atoms with E-state index in [4.69, 9.17) is 5.11 Å². The molecule has 0 saturated carbocycles. The van der Waals surface area contributed by atoms with Crippen LogP contribution < -0.4 is 0 Å². The van der Waals surface area contributed by atoms with Crippen LogP contribution in [0.4, 0.5) is 13.2 Å². The minimum atomic E-state index is -4.34. The van der Waals surface area contributed by atoms with Crippen LogP contribution in [0.2, 0.25) is 0 Å². The monoisotopic (exact) mass is 284 g/mol. The molecular weight excluding hydrogens is 269 g/mol. The van der Waals surface area contributed by atoms with Crippen molar-refractivity contribution in [3.63, 3.8) is 0 Å². The molecule has 0 fully saturated rings. The van der Waals surface area contributed by atoms with E-state index in [0.29, 0.717) is 5.69 Å². The van der Waals surface area contributed by atoms with E-state index >= 15 is 0 Å². The number of aliphatic hydroxyl groups excluding tert-OH is 1. The average Bonchev–Trinajstić information content (AvgIpc) is 2.79. The molecule has 0 spiro atoms. The van der Waals surface area contributed by atoms with Crippen LogP contribution in [-0.4, -0.2) is 21.5 Å². The summed E-state index contributed by atoms with van der Waals surface area (Å²) in [6.07, 6.45) is -2.60. The Balaban J connectivity index is 2.33. The zero-order chi connectivity index (χ0) is 14.9. The largest absolute Gasteiger partial charge is 0.416 e. The molecule has 3 nitrogen and oxygen atoms in total. The standard InChI is InChI=1S/C14H15F3N2O/c1-9(8-20)13-7-19(18-10(13)2)12-5-3-11(4-6-12)14(15,16)17/h3-7,9,20H,8H2,1-2H3. The molecule has 0 aliphatic carbocycles. The number of alkyl halides is 3. The maximum Gasteiger partial charge on any atom is 0.416 e. The van der Waals surface area contributed by atoms with Gasteiger partial charge in [0.25, 0.3) is 0 Å². The van der Waals surface area contributed by atoms with Crippen LogP contribution in [0, 0.1) is 6.92 Å². The van der Waals surface area contributed by atoms with Gasteiger partial charge in [0.15, 0.2) is 0 Å². The van der Waals surface area contributed by atoms with E-state index in [-0.39, 0.29) is 12.5 Å². The van der Waals surface area contributed by atoms with Crippen molar-refractivity contribution in [3.05, 3.63) is 47.3 Å². The molecule has 1 unspecified atom stereocenters. The minimum absolute atomic E-state index is 0.000452. The average molecular weight is 284 g/mol. The number of hydrogen-bond acceptors (Lipinski definition) is 2. The summed E-state index contributed by atoms with van der Waals surface area (Å²) < 4.78 is 39.0. The van der Waals surface area contributed by atoms with E-state index in [1.165, 1.54) is 16.8 Å². The fraction of sp³-hybridized carbons (Fsp3) is 0.357. The van der Waals surface area contributed by atoms with Gasteiger partial charge in [0.2, 0.25) is 0 Å². The van der Waals surface area contributed by atoms with Gasteiger partial charge in [-0.15, -0.1) is 0 Å². The number of hydrogen-bond donors (Lipinski definition) is 1. The van der Waals surface area contributed by atoms with Crippen molar-refractivity contribution in [2.75, 3.05) is 6.61 Å². The summed E-state index contributed by atoms with van der Waals surface area (Å²) in [6.45, 7) is 3.67. The first-order valence-electron chi connectivity index (χ1n) is 6.17. The Kier molecular flexibility index (Phi) is 3.85. The highest BCUT2D eigenvalue weighted by Gasteiger charge is 2.30. The quantitative estimate of drug-likeness (QED) is 0.939. The maximum atomic E-state index is 12.5. The van der Waals surface area contributed by atoms with E-state index in [1.54, 1.807) is 6.20 Å². The predicted octanol–water partition coefficient (Wildman–Crippen LogP) is 3.30. The van der Waals surface area contributed by atoms with Gasteiger partial charge in [-0.25, -0.2) is 4.68 Å². The van der Waals surface area contributed by atoms with Crippen molar-refractivity contribution >= 4 is 0 Å². The lowest BCUT2D eigenvalue weighted by Gasteiger charge is -2.07. The summed E-state index contributed by atoms with van der Waals surface area (Å²) >= 11 is 0. The molecule has 0 saturated heterocycles. The highest BCUT2D eigenvalue weighted by Crippen LogP contribution is 2.29. The Morgan fingerprint density at radius 1 is 1.25 bits per heavy atom. The fourth-order valence-corrected chi connectivity index (χ4v) is 1.99. The van der Waals surface area contributed by atoms with Crippen molar-refractivity contribution in [1.82, 2.24) is 9.78 Å². The van der Waals surface area contributed by atoms with E-state index < -0.39 is 11.7 Å². The van der Waals surface area contributed by atoms with Gasteiger partial charge in [0.1, 0.15) is 0 Å². The second-order valence-corrected chi connectivity index (χ2v) is 4.74. The van der Waals surface area contributed by atoms with Crippen LogP contribution >= 0.6 is 0 Å². The number of aromatic nitrogens is 2. The van der Waals surface area contributed by atoms with Crippen LogP contribution in [0.1, 0.15) is 29.7 Å². The first-order chi connectivity index (χ1) is 9.32. The molecule has 0 aliphatic heterocycles. The Morgan fingerprint density at radius 3 is 2.35 bits per heavy atom. The Labute approximate surface area is 114 Å². The summed E-state index contributed by atoms with van der Waals surface area (Å²) in [5.74, 6) is -0.0572. The molecule has 6 heteroatoms. The topological polar surface area (TPSA) is 38.0 Å². The molecule has 0 aliphatic rings. The van der Waals surface area contributed by atoms with Crippen LogP contribution in [0.15, 0.2) is 30.5 Å². The van der Waals surface area contributed by atoms with Gasteiger partial charge in [-0.05, 0) is 36.8 Å². The SMILES string of the molecule is Cc1nn(-c2ccc(C(F)(F)F)cc2)cc1C(C)CO. The number of aryl methyl sites for hydroxylation is 1. The van der Waals surface area contributed by atoms with Gasteiger partial charge in [-0.3, -0.25) is 0 Å². The van der Waals surface area contributed by atoms with Gasteiger partial charge in [-0.1, -0.05) is 6.92 Å². The number of nitrogens with zero attached hydrogens (tertiary/aromatic N) is 2. The van der Waals surface area contributed by atoms with Crippen LogP contribution in [0.3, 0.4) is 0 Å². The summed E-state index contributed by atoms with van der Waals surface area (Å²) in [5.41, 5.74) is 1.51. The minimum Gasteiger partial charge on any atom is -0.396 e. The smallest absolute Gasteiger partial charge is 0.396 e. The first kappa shape index (κ1) is 14.6. The van der Waals surface area contributed by atoms with Gasteiger partial charge >= 0.3 is 6.18 Å². The normalized spacial score (nSPS) is 13.5. The summed E-state index contributed by atoms with van der Waals surface area (Å²) in [5, 5.41) is 13.4. The molecule has 0 radical (unpaired) electrons. The maximum absolute atomic E-state index is 12.5. The lowest BCUT2D eigenvalue weighted by molar-refractivity contribution is -0.137. The third-order valence-corrected chi connectivity index (χ3v) is 3.20. The second-order valence-electron chi connectivity index (χ2n) is 4.74. The summed E-state index contributed by atoms with van der Waals surface area (Å²) in [7, 11) is 0. The van der Waals surface area contributed by atoms with Crippen molar-refractivity contribution < 1.29 is 18.3 Å². The number of benzene rings is 1. The molecule has 1 atom stereocenters. The van der Waals surface area contributed by atoms with Gasteiger partial charge < -0.3 is 5.11 Å². The summed E-state index contributed by atoms with van der Waals surface area (Å²) in [4.78, 5) is 0. The molecule has 1 aromatic heterocycles. The van der Waals surface area contributed by atoms with Gasteiger partial charge in [0.05, 0.1) is 16.9 Å². The zero-order valence-corrected chi connectivity index (χ0v) is 11.1. The second kappa shape index (κ2) is 5.28. The lowest BCUT2D eigenvalue weighted by atomic mass is 10.0. The van der Waals surface area contributed by atoms with Gasteiger partial charge in [0, 0.05) is 18.7 Å². The third-order valence-electron chi connectivity index (χ3n) is 3.20. The zero-order valence-electron chi connectivity index (χ0n) is 11.1. The number of aliphatic hydroxyl groups is 1. The fourth-order valence-electron chi connectivity index (χ4n) is 1.99. The molecule has 0 amide bonds. The van der Waals surface area contributed by atoms with E-state index in [9.17, 15) is 13.2 Å². The van der Waals surface area contributed by atoms with E-state index in [2.05, 4.69) is 5.10 Å². The molecule has 1 heterocycles. The van der Waals surface area contributed by atoms with Crippen molar-refractivity contribution in [1.29, 1.82) is 0 Å². The molecule has 1 aromatic carbocycles.